The Morgan fingerprint density at radius 3 is 2.78 bits per heavy atom. The molecule has 98 valence electrons. The van der Waals surface area contributed by atoms with E-state index in [2.05, 4.69) is 10.3 Å². The number of carboxylic acids is 1. The number of rotatable bonds is 6. The van der Waals surface area contributed by atoms with Gasteiger partial charge < -0.3 is 15.4 Å². The second kappa shape index (κ2) is 5.80. The number of carbonyl (C=O) groups excluding carboxylic acids is 1. The van der Waals surface area contributed by atoms with E-state index in [0.29, 0.717) is 0 Å². The molecule has 0 aliphatic carbocycles. The van der Waals surface area contributed by atoms with Gasteiger partial charge in [0.25, 0.3) is 11.6 Å². The third-order valence-electron chi connectivity index (χ3n) is 2.26. The quantitative estimate of drug-likeness (QED) is 0.511. The first kappa shape index (κ1) is 13.7. The Labute approximate surface area is 102 Å². The summed E-state index contributed by atoms with van der Waals surface area (Å²) in [5, 5.41) is 21.4. The molecule has 0 aliphatic rings. The molecule has 0 saturated carbocycles. The maximum Gasteiger partial charge on any atom is 0.303 e. The number of aliphatic carboxylic acids is 1. The highest BCUT2D eigenvalue weighted by atomic mass is 16.6. The summed E-state index contributed by atoms with van der Waals surface area (Å²) in [5.41, 5.74) is -0.122. The summed E-state index contributed by atoms with van der Waals surface area (Å²) in [5.74, 6) is -1.65. The molecule has 1 aromatic rings. The van der Waals surface area contributed by atoms with Crippen molar-refractivity contribution in [1.29, 1.82) is 0 Å². The second-order valence-corrected chi connectivity index (χ2v) is 3.94. The molecule has 1 heterocycles. The lowest BCUT2D eigenvalue weighted by Gasteiger charge is -2.09. The van der Waals surface area contributed by atoms with Crippen molar-refractivity contribution in [2.45, 2.75) is 13.3 Å². The fourth-order valence-electron chi connectivity index (χ4n) is 1.35. The molecular weight excluding hydrogens is 242 g/mol. The molecule has 0 radical (unpaired) electrons. The molecule has 0 saturated heterocycles. The molecule has 1 aromatic heterocycles. The number of carbonyl (C=O) groups is 2. The molecule has 3 N–H and O–H groups in total. The van der Waals surface area contributed by atoms with E-state index in [1.54, 1.807) is 6.92 Å². The summed E-state index contributed by atoms with van der Waals surface area (Å²) in [4.78, 5) is 34.3. The van der Waals surface area contributed by atoms with E-state index >= 15 is 0 Å². The number of carboxylic acid groups (broad SMARTS) is 1. The Balaban J connectivity index is 2.49. The third-order valence-corrected chi connectivity index (χ3v) is 2.26. The zero-order valence-corrected chi connectivity index (χ0v) is 9.67. The summed E-state index contributed by atoms with van der Waals surface area (Å²) in [6.07, 6.45) is 1.07. The molecule has 0 bridgehead atoms. The van der Waals surface area contributed by atoms with Crippen LogP contribution >= 0.6 is 0 Å². The van der Waals surface area contributed by atoms with Crippen molar-refractivity contribution >= 4 is 17.6 Å². The van der Waals surface area contributed by atoms with Crippen LogP contribution in [0.5, 0.6) is 0 Å². The van der Waals surface area contributed by atoms with Crippen LogP contribution in [0.25, 0.3) is 0 Å². The SMILES string of the molecule is CC(CNC(=O)c1cc([N+](=O)[O-])c[nH]1)CC(=O)O. The molecular formula is C10H13N3O5. The van der Waals surface area contributed by atoms with E-state index in [-0.39, 0.29) is 30.3 Å². The highest BCUT2D eigenvalue weighted by Gasteiger charge is 2.15. The number of nitrogens with one attached hydrogen (secondary N) is 2. The van der Waals surface area contributed by atoms with Gasteiger partial charge in [0.05, 0.1) is 11.1 Å². The normalized spacial score (nSPS) is 11.8. The van der Waals surface area contributed by atoms with Gasteiger partial charge in [-0.2, -0.15) is 0 Å². The first-order chi connectivity index (χ1) is 8.40. The van der Waals surface area contributed by atoms with Crippen LogP contribution in [0.15, 0.2) is 12.3 Å². The molecule has 0 aromatic carbocycles. The first-order valence-electron chi connectivity index (χ1n) is 5.23. The molecule has 0 fully saturated rings. The predicted octanol–water partition coefficient (Wildman–Crippen LogP) is 0.764. The minimum atomic E-state index is -0.938. The number of aromatic nitrogens is 1. The average Bonchev–Trinajstić information content (AvgIpc) is 2.74. The number of nitrogens with zero attached hydrogens (tertiary/aromatic N) is 1. The number of aromatic amines is 1. The standard InChI is InChI=1S/C10H13N3O5/c1-6(2-9(14)15)4-12-10(16)8-3-7(5-11-8)13(17)18/h3,5-6,11H,2,4H2,1H3,(H,12,16)(H,14,15). The van der Waals surface area contributed by atoms with E-state index in [0.717, 1.165) is 12.3 Å². The maximum atomic E-state index is 11.6. The lowest BCUT2D eigenvalue weighted by molar-refractivity contribution is -0.384. The van der Waals surface area contributed by atoms with Crippen LogP contribution in [0.1, 0.15) is 23.8 Å². The smallest absolute Gasteiger partial charge is 0.303 e. The number of hydrogen-bond acceptors (Lipinski definition) is 4. The van der Waals surface area contributed by atoms with Gasteiger partial charge in [-0.25, -0.2) is 0 Å². The van der Waals surface area contributed by atoms with E-state index in [1.807, 2.05) is 0 Å². The van der Waals surface area contributed by atoms with Crippen molar-refractivity contribution in [1.82, 2.24) is 10.3 Å². The molecule has 1 unspecified atom stereocenters. The second-order valence-electron chi connectivity index (χ2n) is 3.94. The monoisotopic (exact) mass is 255 g/mol. The van der Waals surface area contributed by atoms with Gasteiger partial charge in [0, 0.05) is 19.0 Å². The Morgan fingerprint density at radius 1 is 1.61 bits per heavy atom. The first-order valence-corrected chi connectivity index (χ1v) is 5.23. The molecule has 0 aliphatic heterocycles. The van der Waals surface area contributed by atoms with Crippen molar-refractivity contribution in [2.24, 2.45) is 5.92 Å². The summed E-state index contributed by atoms with van der Waals surface area (Å²) in [6, 6.07) is 1.12. The number of H-pyrrole nitrogens is 1. The highest BCUT2D eigenvalue weighted by molar-refractivity contribution is 5.93. The lowest BCUT2D eigenvalue weighted by Crippen LogP contribution is -2.29. The van der Waals surface area contributed by atoms with Gasteiger partial charge in [-0.15, -0.1) is 0 Å². The topological polar surface area (TPSA) is 125 Å². The number of amides is 1. The van der Waals surface area contributed by atoms with Crippen LogP contribution in [-0.4, -0.2) is 33.4 Å². The van der Waals surface area contributed by atoms with E-state index in [1.165, 1.54) is 0 Å². The van der Waals surface area contributed by atoms with Crippen molar-refractivity contribution in [2.75, 3.05) is 6.54 Å². The van der Waals surface area contributed by atoms with Gasteiger partial charge in [-0.1, -0.05) is 6.92 Å². The lowest BCUT2D eigenvalue weighted by atomic mass is 10.1. The van der Waals surface area contributed by atoms with Crippen molar-refractivity contribution in [3.05, 3.63) is 28.1 Å². The minimum Gasteiger partial charge on any atom is -0.481 e. The average molecular weight is 255 g/mol. The van der Waals surface area contributed by atoms with Crippen LogP contribution in [0.2, 0.25) is 0 Å². The Kier molecular flexibility index (Phi) is 4.41. The molecule has 18 heavy (non-hydrogen) atoms. The number of nitro groups is 1. The Morgan fingerprint density at radius 2 is 2.28 bits per heavy atom. The van der Waals surface area contributed by atoms with Crippen LogP contribution in [0.4, 0.5) is 5.69 Å². The summed E-state index contributed by atoms with van der Waals surface area (Å²) in [7, 11) is 0. The molecule has 8 heteroatoms. The largest absolute Gasteiger partial charge is 0.481 e. The van der Waals surface area contributed by atoms with Crippen molar-refractivity contribution in [3.8, 4) is 0 Å². The zero-order chi connectivity index (χ0) is 13.7. The van der Waals surface area contributed by atoms with Crippen molar-refractivity contribution < 1.29 is 19.6 Å². The molecule has 1 rings (SSSR count). The molecule has 0 spiro atoms. The molecule has 1 atom stereocenters. The van der Waals surface area contributed by atoms with E-state index in [4.69, 9.17) is 5.11 Å². The van der Waals surface area contributed by atoms with Gasteiger partial charge in [0.1, 0.15) is 5.69 Å². The fraction of sp³-hybridized carbons (Fsp3) is 0.400. The summed E-state index contributed by atoms with van der Waals surface area (Å²) in [6.45, 7) is 1.88. The minimum absolute atomic E-state index is 0.0504. The Bertz CT molecular complexity index is 468. The van der Waals surface area contributed by atoms with Crippen LogP contribution < -0.4 is 5.32 Å². The van der Waals surface area contributed by atoms with Gasteiger partial charge in [0.2, 0.25) is 0 Å². The molecule has 1 amide bonds. The highest BCUT2D eigenvalue weighted by Crippen LogP contribution is 2.12. The van der Waals surface area contributed by atoms with Crippen LogP contribution in [-0.2, 0) is 4.79 Å². The van der Waals surface area contributed by atoms with E-state index < -0.39 is 16.8 Å². The van der Waals surface area contributed by atoms with Crippen LogP contribution in [0, 0.1) is 16.0 Å². The third kappa shape index (κ3) is 3.89. The maximum absolute atomic E-state index is 11.6. The molecule has 8 nitrogen and oxygen atoms in total. The van der Waals surface area contributed by atoms with Crippen LogP contribution in [0.3, 0.4) is 0 Å². The van der Waals surface area contributed by atoms with Gasteiger partial charge in [0.15, 0.2) is 0 Å². The summed E-state index contributed by atoms with van der Waals surface area (Å²) >= 11 is 0. The van der Waals surface area contributed by atoms with E-state index in [9.17, 15) is 19.7 Å². The van der Waals surface area contributed by atoms with Gasteiger partial charge >= 0.3 is 5.97 Å². The Hall–Kier alpha value is -2.38. The van der Waals surface area contributed by atoms with Gasteiger partial charge in [-0.3, -0.25) is 19.7 Å². The number of hydrogen-bond donors (Lipinski definition) is 3. The van der Waals surface area contributed by atoms with Crippen molar-refractivity contribution in [3.63, 3.8) is 0 Å². The fourth-order valence-corrected chi connectivity index (χ4v) is 1.35. The predicted molar refractivity (Wildman–Crippen MR) is 61.2 cm³/mol. The summed E-state index contributed by atoms with van der Waals surface area (Å²) < 4.78 is 0. The van der Waals surface area contributed by atoms with Gasteiger partial charge in [-0.05, 0) is 5.92 Å². The zero-order valence-electron chi connectivity index (χ0n) is 9.67.